The highest BCUT2D eigenvalue weighted by Gasteiger charge is 2.33. The average Bonchev–Trinajstić information content (AvgIpc) is 2.96. The van der Waals surface area contributed by atoms with E-state index in [2.05, 4.69) is 26.1 Å². The maximum atomic E-state index is 12.6. The lowest BCUT2D eigenvalue weighted by atomic mass is 9.96. The van der Waals surface area contributed by atoms with Crippen molar-refractivity contribution in [3.63, 3.8) is 0 Å². The smallest absolute Gasteiger partial charge is 0.243 e. The Labute approximate surface area is 128 Å². The molecule has 0 aromatic heterocycles. The summed E-state index contributed by atoms with van der Waals surface area (Å²) in [4.78, 5) is 0.397. The van der Waals surface area contributed by atoms with Crippen LogP contribution in [0.5, 0.6) is 0 Å². The fourth-order valence-corrected chi connectivity index (χ4v) is 4.19. The molecule has 0 aliphatic carbocycles. The van der Waals surface area contributed by atoms with Crippen LogP contribution in [0, 0.1) is 11.8 Å². The molecule has 0 radical (unpaired) electrons. The molecule has 2 rings (SSSR count). The van der Waals surface area contributed by atoms with Gasteiger partial charge in [0.05, 0.1) is 4.90 Å². The maximum Gasteiger partial charge on any atom is 0.243 e. The van der Waals surface area contributed by atoms with Gasteiger partial charge in [0.15, 0.2) is 0 Å². The van der Waals surface area contributed by atoms with Crippen molar-refractivity contribution in [2.45, 2.75) is 38.5 Å². The van der Waals surface area contributed by atoms with Crippen molar-refractivity contribution >= 4 is 15.7 Å². The van der Waals surface area contributed by atoms with E-state index in [0.717, 1.165) is 25.1 Å². The van der Waals surface area contributed by atoms with E-state index in [9.17, 15) is 8.42 Å². The quantitative estimate of drug-likeness (QED) is 0.878. The van der Waals surface area contributed by atoms with Crippen molar-refractivity contribution in [2.75, 3.05) is 25.0 Å². The van der Waals surface area contributed by atoms with Gasteiger partial charge in [0, 0.05) is 25.3 Å². The topological polar surface area (TPSA) is 49.4 Å². The molecule has 5 heteroatoms. The monoisotopic (exact) mass is 310 g/mol. The summed E-state index contributed by atoms with van der Waals surface area (Å²) in [7, 11) is -3.34. The number of rotatable bonds is 6. The van der Waals surface area contributed by atoms with Gasteiger partial charge in [-0.2, -0.15) is 4.31 Å². The van der Waals surface area contributed by atoms with Crippen LogP contribution < -0.4 is 5.32 Å². The number of hydrogen-bond donors (Lipinski definition) is 1. The van der Waals surface area contributed by atoms with E-state index in [-0.39, 0.29) is 0 Å². The highest BCUT2D eigenvalue weighted by molar-refractivity contribution is 7.89. The molecule has 1 N–H and O–H groups in total. The van der Waals surface area contributed by atoms with E-state index >= 15 is 0 Å². The summed E-state index contributed by atoms with van der Waals surface area (Å²) >= 11 is 0. The minimum absolute atomic E-state index is 0.397. The number of anilines is 1. The number of nitrogens with one attached hydrogen (secondary N) is 1. The van der Waals surface area contributed by atoms with E-state index in [1.807, 2.05) is 12.1 Å². The molecule has 0 bridgehead atoms. The highest BCUT2D eigenvalue weighted by atomic mass is 32.2. The van der Waals surface area contributed by atoms with Crippen molar-refractivity contribution in [3.8, 4) is 0 Å². The summed E-state index contributed by atoms with van der Waals surface area (Å²) in [5, 5.41) is 3.26. The highest BCUT2D eigenvalue weighted by Crippen LogP contribution is 2.28. The first-order valence-corrected chi connectivity index (χ1v) is 9.23. The second kappa shape index (κ2) is 6.79. The Bertz CT molecular complexity index is 552. The van der Waals surface area contributed by atoms with Crippen LogP contribution in [-0.4, -0.2) is 32.4 Å². The minimum Gasteiger partial charge on any atom is -0.385 e. The van der Waals surface area contributed by atoms with Gasteiger partial charge in [-0.1, -0.05) is 20.8 Å². The molecule has 0 saturated carbocycles. The standard InChI is InChI=1S/C16H26N2O2S/c1-4-10-17-15-5-7-16(8-6-15)21(19,20)18-11-9-14(12-18)13(2)3/h5-8,13-14,17H,4,9-12H2,1-3H3. The Morgan fingerprint density at radius 1 is 1.29 bits per heavy atom. The van der Waals surface area contributed by atoms with Gasteiger partial charge in [-0.15, -0.1) is 0 Å². The van der Waals surface area contributed by atoms with Gasteiger partial charge in [0.2, 0.25) is 10.0 Å². The first kappa shape index (κ1) is 16.3. The maximum absolute atomic E-state index is 12.6. The lowest BCUT2D eigenvalue weighted by molar-refractivity contribution is 0.388. The van der Waals surface area contributed by atoms with Crippen LogP contribution in [0.15, 0.2) is 29.2 Å². The Kier molecular flexibility index (Phi) is 5.27. The molecule has 1 saturated heterocycles. The van der Waals surface area contributed by atoms with Crippen LogP contribution in [0.25, 0.3) is 0 Å². The predicted octanol–water partition coefficient (Wildman–Crippen LogP) is 3.18. The number of sulfonamides is 1. The van der Waals surface area contributed by atoms with Crippen LogP contribution in [0.4, 0.5) is 5.69 Å². The summed E-state index contributed by atoms with van der Waals surface area (Å²) < 4.78 is 26.9. The zero-order chi connectivity index (χ0) is 15.5. The van der Waals surface area contributed by atoms with Crippen molar-refractivity contribution < 1.29 is 8.42 Å². The largest absolute Gasteiger partial charge is 0.385 e. The molecule has 0 amide bonds. The van der Waals surface area contributed by atoms with Crippen molar-refractivity contribution in [1.82, 2.24) is 4.31 Å². The Balaban J connectivity index is 2.09. The lowest BCUT2D eigenvalue weighted by Crippen LogP contribution is -2.29. The predicted molar refractivity (Wildman–Crippen MR) is 86.9 cm³/mol. The zero-order valence-corrected chi connectivity index (χ0v) is 14.0. The summed E-state index contributed by atoms with van der Waals surface area (Å²) in [5.41, 5.74) is 0.970. The second-order valence-electron chi connectivity index (χ2n) is 6.11. The SMILES string of the molecule is CCCNc1ccc(S(=O)(=O)N2CCC(C(C)C)C2)cc1. The van der Waals surface area contributed by atoms with Crippen molar-refractivity contribution in [3.05, 3.63) is 24.3 Å². The van der Waals surface area contributed by atoms with Crippen LogP contribution in [-0.2, 0) is 10.0 Å². The number of hydrogen-bond acceptors (Lipinski definition) is 3. The molecular weight excluding hydrogens is 284 g/mol. The molecule has 1 heterocycles. The fourth-order valence-electron chi connectivity index (χ4n) is 2.68. The molecule has 1 aliphatic heterocycles. The van der Waals surface area contributed by atoms with Crippen LogP contribution in [0.3, 0.4) is 0 Å². The fraction of sp³-hybridized carbons (Fsp3) is 0.625. The molecule has 1 aliphatic rings. The normalized spacial score (nSPS) is 20.1. The van der Waals surface area contributed by atoms with Crippen molar-refractivity contribution in [1.29, 1.82) is 0 Å². The third-order valence-electron chi connectivity index (χ3n) is 4.20. The number of benzene rings is 1. The molecule has 1 aromatic carbocycles. The van der Waals surface area contributed by atoms with E-state index < -0.39 is 10.0 Å². The third-order valence-corrected chi connectivity index (χ3v) is 6.08. The third kappa shape index (κ3) is 3.77. The Morgan fingerprint density at radius 2 is 1.95 bits per heavy atom. The van der Waals surface area contributed by atoms with E-state index in [1.165, 1.54) is 0 Å². The van der Waals surface area contributed by atoms with E-state index in [4.69, 9.17) is 0 Å². The molecule has 21 heavy (non-hydrogen) atoms. The first-order chi connectivity index (χ1) is 9.95. The molecule has 0 spiro atoms. The van der Waals surface area contributed by atoms with Gasteiger partial charge < -0.3 is 5.32 Å². The van der Waals surface area contributed by atoms with E-state index in [0.29, 0.717) is 29.8 Å². The van der Waals surface area contributed by atoms with Gasteiger partial charge in [-0.05, 0) is 48.9 Å². The molecular formula is C16H26N2O2S. The Hall–Kier alpha value is -1.07. The molecule has 1 fully saturated rings. The van der Waals surface area contributed by atoms with Gasteiger partial charge in [-0.25, -0.2) is 8.42 Å². The average molecular weight is 310 g/mol. The Morgan fingerprint density at radius 3 is 2.48 bits per heavy atom. The van der Waals surface area contributed by atoms with Gasteiger partial charge in [0.25, 0.3) is 0 Å². The first-order valence-electron chi connectivity index (χ1n) is 7.79. The van der Waals surface area contributed by atoms with Gasteiger partial charge >= 0.3 is 0 Å². The van der Waals surface area contributed by atoms with Gasteiger partial charge in [-0.3, -0.25) is 0 Å². The second-order valence-corrected chi connectivity index (χ2v) is 8.04. The van der Waals surface area contributed by atoms with E-state index in [1.54, 1.807) is 16.4 Å². The van der Waals surface area contributed by atoms with Crippen LogP contribution in [0.2, 0.25) is 0 Å². The summed E-state index contributed by atoms with van der Waals surface area (Å²) in [6.45, 7) is 8.61. The zero-order valence-electron chi connectivity index (χ0n) is 13.2. The molecule has 1 unspecified atom stereocenters. The summed E-state index contributed by atoms with van der Waals surface area (Å²) in [5.74, 6) is 1.01. The molecule has 4 nitrogen and oxygen atoms in total. The molecule has 118 valence electrons. The summed E-state index contributed by atoms with van der Waals surface area (Å²) in [6, 6.07) is 7.10. The number of nitrogens with zero attached hydrogens (tertiary/aromatic N) is 1. The van der Waals surface area contributed by atoms with Crippen molar-refractivity contribution in [2.24, 2.45) is 11.8 Å². The van der Waals surface area contributed by atoms with Crippen LogP contribution in [0.1, 0.15) is 33.6 Å². The summed E-state index contributed by atoms with van der Waals surface area (Å²) in [6.07, 6.45) is 2.01. The van der Waals surface area contributed by atoms with Gasteiger partial charge in [0.1, 0.15) is 0 Å². The minimum atomic E-state index is -3.34. The lowest BCUT2D eigenvalue weighted by Gasteiger charge is -2.18. The van der Waals surface area contributed by atoms with Crippen LogP contribution >= 0.6 is 0 Å². The molecule has 1 aromatic rings. The molecule has 1 atom stereocenters.